The number of rotatable bonds is 42. The molecule has 2 unspecified atom stereocenters. The number of esters is 2. The van der Waals surface area contributed by atoms with Crippen LogP contribution >= 0.6 is 7.82 Å². The van der Waals surface area contributed by atoms with Crippen LogP contribution in [0.2, 0.25) is 0 Å². The molecule has 0 aromatic rings. The van der Waals surface area contributed by atoms with Crippen LogP contribution in [-0.2, 0) is 32.7 Å². The van der Waals surface area contributed by atoms with E-state index in [2.05, 4.69) is 98.9 Å². The fraction of sp³-hybridized carbons (Fsp3) is 0.673. The van der Waals surface area contributed by atoms with E-state index >= 15 is 0 Å². The Kier molecular flexibility index (Phi) is 42.6. The predicted octanol–water partition coefficient (Wildman–Crippen LogP) is 13.6. The number of carbonyl (C=O) groups is 2. The second-order valence-corrected chi connectivity index (χ2v) is 16.3. The predicted molar refractivity (Wildman–Crippen MR) is 247 cm³/mol. The van der Waals surface area contributed by atoms with Crippen molar-refractivity contribution in [1.82, 2.24) is 0 Å². The van der Waals surface area contributed by atoms with Crippen LogP contribution in [0.25, 0.3) is 0 Å². The summed E-state index contributed by atoms with van der Waals surface area (Å²) in [6, 6.07) is 0. The molecule has 0 aliphatic heterocycles. The maximum atomic E-state index is 12.5. The Labute approximate surface area is 360 Å². The molecule has 2 atom stereocenters. The van der Waals surface area contributed by atoms with Gasteiger partial charge in [0.2, 0.25) is 0 Å². The lowest BCUT2D eigenvalue weighted by atomic mass is 10.0. The van der Waals surface area contributed by atoms with Crippen molar-refractivity contribution < 1.29 is 37.6 Å². The number of ether oxygens (including phenoxy) is 2. The monoisotopic (exact) mass is 846 g/mol. The highest BCUT2D eigenvalue weighted by molar-refractivity contribution is 7.47. The number of phosphoric acid groups is 1. The molecule has 0 heterocycles. The van der Waals surface area contributed by atoms with Crippen molar-refractivity contribution in [2.45, 2.75) is 187 Å². The Morgan fingerprint density at radius 1 is 0.525 bits per heavy atom. The summed E-state index contributed by atoms with van der Waals surface area (Å²) < 4.78 is 32.5. The molecule has 0 radical (unpaired) electrons. The average Bonchev–Trinajstić information content (AvgIpc) is 3.22. The van der Waals surface area contributed by atoms with Gasteiger partial charge in [-0.05, 0) is 70.6 Å². The maximum absolute atomic E-state index is 12.5. The molecule has 0 aromatic heterocycles. The Bertz CT molecular complexity index is 1240. The standard InChI is InChI=1S/C49H84NO8P/c1-3-5-7-9-10-11-12-13-14-15-16-17-18-19-20-21-22-23-24-25-26-27-28-29-30-31-32-33-34-35-36-38-40-42-49(52)58-47(46-57-59(53,54)56-44-43-50)45-55-48(51)41-39-37-8-6-4-2/h5,7,10-11,13-14,16-17,19-20,22-23,25-26,47H,3-4,6,8-9,12,15,18,21,24,27-46,50H2,1-2H3,(H,53,54)/b7-5-,11-10-,14-13-,17-16-,20-19-,23-22-,26-25-. The zero-order valence-corrected chi connectivity index (χ0v) is 38.1. The van der Waals surface area contributed by atoms with Crippen molar-refractivity contribution in [2.24, 2.45) is 5.73 Å². The van der Waals surface area contributed by atoms with Gasteiger partial charge in [-0.1, -0.05) is 182 Å². The summed E-state index contributed by atoms with van der Waals surface area (Å²) >= 11 is 0. The minimum absolute atomic E-state index is 0.0501. The molecular weight excluding hydrogens is 762 g/mol. The van der Waals surface area contributed by atoms with Crippen LogP contribution in [0, 0.1) is 0 Å². The zero-order chi connectivity index (χ0) is 43.2. The van der Waals surface area contributed by atoms with E-state index in [1.807, 2.05) is 0 Å². The van der Waals surface area contributed by atoms with Crippen molar-refractivity contribution in [2.75, 3.05) is 26.4 Å². The van der Waals surface area contributed by atoms with Crippen molar-refractivity contribution >= 4 is 19.8 Å². The van der Waals surface area contributed by atoms with Gasteiger partial charge in [-0.15, -0.1) is 0 Å². The number of hydrogen-bond acceptors (Lipinski definition) is 8. The van der Waals surface area contributed by atoms with Gasteiger partial charge in [-0.3, -0.25) is 18.6 Å². The van der Waals surface area contributed by atoms with Crippen molar-refractivity contribution in [1.29, 1.82) is 0 Å². The topological polar surface area (TPSA) is 134 Å². The first kappa shape index (κ1) is 56.2. The minimum Gasteiger partial charge on any atom is -0.462 e. The van der Waals surface area contributed by atoms with E-state index in [1.54, 1.807) is 0 Å². The van der Waals surface area contributed by atoms with Crippen LogP contribution in [0.15, 0.2) is 85.1 Å². The van der Waals surface area contributed by atoms with Gasteiger partial charge < -0.3 is 20.1 Å². The maximum Gasteiger partial charge on any atom is 0.472 e. The van der Waals surface area contributed by atoms with Crippen molar-refractivity contribution in [3.8, 4) is 0 Å². The number of allylic oxidation sites excluding steroid dienone is 14. The average molecular weight is 846 g/mol. The van der Waals surface area contributed by atoms with Gasteiger partial charge in [0.05, 0.1) is 13.2 Å². The third-order valence-electron chi connectivity index (χ3n) is 9.30. The molecular formula is C49H84NO8P. The molecule has 0 saturated heterocycles. The molecule has 338 valence electrons. The number of nitrogens with two attached hydrogens (primary N) is 1. The Balaban J connectivity index is 3.87. The number of carbonyl (C=O) groups excluding carboxylic acids is 2. The molecule has 0 saturated carbocycles. The molecule has 59 heavy (non-hydrogen) atoms. The summed E-state index contributed by atoms with van der Waals surface area (Å²) in [5.74, 6) is -0.851. The van der Waals surface area contributed by atoms with Crippen molar-refractivity contribution in [3.05, 3.63) is 85.1 Å². The van der Waals surface area contributed by atoms with E-state index in [9.17, 15) is 19.0 Å². The lowest BCUT2D eigenvalue weighted by molar-refractivity contribution is -0.161. The largest absolute Gasteiger partial charge is 0.472 e. The molecule has 3 N–H and O–H groups in total. The van der Waals surface area contributed by atoms with E-state index in [0.717, 1.165) is 103 Å². The summed E-state index contributed by atoms with van der Waals surface area (Å²) in [7, 11) is -4.37. The van der Waals surface area contributed by atoms with Crippen LogP contribution in [0.1, 0.15) is 181 Å². The second-order valence-electron chi connectivity index (χ2n) is 14.9. The van der Waals surface area contributed by atoms with Crippen molar-refractivity contribution in [3.63, 3.8) is 0 Å². The molecule has 0 aromatic carbocycles. The third-order valence-corrected chi connectivity index (χ3v) is 10.3. The Morgan fingerprint density at radius 3 is 1.39 bits per heavy atom. The minimum atomic E-state index is -4.37. The molecule has 9 nitrogen and oxygen atoms in total. The molecule has 0 rings (SSSR count). The molecule has 0 fully saturated rings. The first-order valence-corrected chi connectivity index (χ1v) is 24.6. The molecule has 0 aliphatic carbocycles. The van der Waals surface area contributed by atoms with Gasteiger partial charge in [-0.25, -0.2) is 4.57 Å². The first-order chi connectivity index (χ1) is 28.8. The van der Waals surface area contributed by atoms with Gasteiger partial charge in [0, 0.05) is 19.4 Å². The first-order valence-electron chi connectivity index (χ1n) is 23.1. The number of unbranched alkanes of at least 4 members (excludes halogenated alkanes) is 15. The van der Waals surface area contributed by atoms with Crippen LogP contribution in [0.5, 0.6) is 0 Å². The smallest absolute Gasteiger partial charge is 0.462 e. The molecule has 0 bridgehead atoms. The van der Waals surface area contributed by atoms with Crippen LogP contribution in [-0.4, -0.2) is 49.3 Å². The molecule has 0 amide bonds. The lowest BCUT2D eigenvalue weighted by Crippen LogP contribution is -2.29. The Morgan fingerprint density at radius 2 is 0.932 bits per heavy atom. The molecule has 10 heteroatoms. The fourth-order valence-electron chi connectivity index (χ4n) is 5.91. The van der Waals surface area contributed by atoms with Crippen LogP contribution in [0.4, 0.5) is 0 Å². The Hall–Kier alpha value is -2.81. The zero-order valence-electron chi connectivity index (χ0n) is 37.2. The van der Waals surface area contributed by atoms with E-state index in [4.69, 9.17) is 24.3 Å². The van der Waals surface area contributed by atoms with Gasteiger partial charge in [0.25, 0.3) is 0 Å². The van der Waals surface area contributed by atoms with Gasteiger partial charge in [-0.2, -0.15) is 0 Å². The summed E-state index contributed by atoms with van der Waals surface area (Å²) in [6.45, 7) is 3.50. The summed E-state index contributed by atoms with van der Waals surface area (Å²) in [6.07, 6.45) is 56.8. The van der Waals surface area contributed by atoms with Gasteiger partial charge in [0.1, 0.15) is 6.61 Å². The molecule has 0 spiro atoms. The van der Waals surface area contributed by atoms with E-state index in [0.29, 0.717) is 6.42 Å². The highest BCUT2D eigenvalue weighted by Gasteiger charge is 2.26. The molecule has 0 aliphatic rings. The summed E-state index contributed by atoms with van der Waals surface area (Å²) in [5, 5.41) is 0. The fourth-order valence-corrected chi connectivity index (χ4v) is 6.67. The van der Waals surface area contributed by atoms with Crippen LogP contribution < -0.4 is 5.73 Å². The highest BCUT2D eigenvalue weighted by Crippen LogP contribution is 2.43. The van der Waals surface area contributed by atoms with Gasteiger partial charge >= 0.3 is 19.8 Å². The summed E-state index contributed by atoms with van der Waals surface area (Å²) in [5.41, 5.74) is 5.32. The number of hydrogen-bond donors (Lipinski definition) is 2. The van der Waals surface area contributed by atoms with Gasteiger partial charge in [0.15, 0.2) is 6.10 Å². The highest BCUT2D eigenvalue weighted by atomic mass is 31.2. The SMILES string of the molecule is CC/C=C\C/C=C\C/C=C\C/C=C\C/C=C\C/C=C\C/C=C\CCCCCCCCCCCCCC(=O)OC(COC(=O)CCCCCCC)COP(=O)(O)OCCN. The quantitative estimate of drug-likeness (QED) is 0.0266. The second kappa shape index (κ2) is 44.7. The van der Waals surface area contributed by atoms with E-state index in [1.165, 1.54) is 44.9 Å². The van der Waals surface area contributed by atoms with Crippen LogP contribution in [0.3, 0.4) is 0 Å². The summed E-state index contributed by atoms with van der Waals surface area (Å²) in [4.78, 5) is 34.5. The number of phosphoric ester groups is 1. The van der Waals surface area contributed by atoms with E-state index in [-0.39, 0.29) is 32.6 Å². The van der Waals surface area contributed by atoms with E-state index < -0.39 is 32.5 Å². The normalized spacial score (nSPS) is 14.0. The third kappa shape index (κ3) is 44.6. The lowest BCUT2D eigenvalue weighted by Gasteiger charge is -2.19.